The van der Waals surface area contributed by atoms with Gasteiger partial charge in [0.15, 0.2) is 0 Å². The number of carbonyl (C=O) groups is 1. The predicted octanol–water partition coefficient (Wildman–Crippen LogP) is 3.14. The van der Waals surface area contributed by atoms with Crippen LogP contribution >= 0.6 is 0 Å². The van der Waals surface area contributed by atoms with Gasteiger partial charge in [0.1, 0.15) is 5.69 Å². The number of aromatic nitrogens is 2. The Hall–Kier alpha value is -3.61. The predicted molar refractivity (Wildman–Crippen MR) is 118 cm³/mol. The van der Waals surface area contributed by atoms with Crippen molar-refractivity contribution >= 4 is 16.8 Å². The molecule has 150 valence electrons. The van der Waals surface area contributed by atoms with Crippen LogP contribution in [0.2, 0.25) is 0 Å². The fourth-order valence-corrected chi connectivity index (χ4v) is 3.39. The summed E-state index contributed by atoms with van der Waals surface area (Å²) in [4.78, 5) is 21.7. The van der Waals surface area contributed by atoms with Crippen LogP contribution in [0.3, 0.4) is 0 Å². The molecule has 0 unspecified atom stereocenters. The van der Waals surface area contributed by atoms with Crippen molar-refractivity contribution in [3.8, 4) is 22.4 Å². The number of aliphatic hydroxyl groups is 1. The minimum atomic E-state index is -0.337. The van der Waals surface area contributed by atoms with Gasteiger partial charge >= 0.3 is 0 Å². The lowest BCUT2D eigenvalue weighted by Gasteiger charge is -2.13. The second-order valence-electron chi connectivity index (χ2n) is 6.86. The molecule has 0 bridgehead atoms. The van der Waals surface area contributed by atoms with E-state index in [4.69, 9.17) is 15.8 Å². The monoisotopic (exact) mass is 398 g/mol. The number of rotatable bonds is 6. The van der Waals surface area contributed by atoms with Crippen LogP contribution in [-0.2, 0) is 6.54 Å². The van der Waals surface area contributed by atoms with E-state index in [1.165, 1.54) is 0 Å². The first-order valence-electron chi connectivity index (χ1n) is 9.75. The molecule has 0 saturated heterocycles. The van der Waals surface area contributed by atoms with Crippen LogP contribution in [0, 0.1) is 0 Å². The van der Waals surface area contributed by atoms with E-state index >= 15 is 0 Å². The third kappa shape index (κ3) is 3.91. The molecule has 0 aliphatic rings. The molecular weight excluding hydrogens is 376 g/mol. The van der Waals surface area contributed by atoms with Gasteiger partial charge in [-0.1, -0.05) is 54.6 Å². The van der Waals surface area contributed by atoms with E-state index < -0.39 is 0 Å². The summed E-state index contributed by atoms with van der Waals surface area (Å²) in [5, 5.41) is 12.3. The number of pyridine rings is 2. The second-order valence-corrected chi connectivity index (χ2v) is 6.86. The average molecular weight is 398 g/mol. The maximum atomic E-state index is 12.6. The summed E-state index contributed by atoms with van der Waals surface area (Å²) in [5.74, 6) is -0.337. The number of hydrogen-bond acceptors (Lipinski definition) is 5. The Kier molecular flexibility index (Phi) is 5.79. The van der Waals surface area contributed by atoms with E-state index in [9.17, 15) is 4.79 Å². The van der Waals surface area contributed by atoms with Crippen molar-refractivity contribution in [1.29, 1.82) is 0 Å². The van der Waals surface area contributed by atoms with Crippen molar-refractivity contribution < 1.29 is 9.90 Å². The van der Waals surface area contributed by atoms with Gasteiger partial charge in [0, 0.05) is 35.8 Å². The first kappa shape index (κ1) is 19.7. The van der Waals surface area contributed by atoms with Crippen molar-refractivity contribution in [2.45, 2.75) is 6.54 Å². The summed E-state index contributed by atoms with van der Waals surface area (Å²) < 4.78 is 0. The summed E-state index contributed by atoms with van der Waals surface area (Å²) in [6.45, 7) is 0.517. The van der Waals surface area contributed by atoms with Crippen molar-refractivity contribution in [3.63, 3.8) is 0 Å². The SMILES string of the molecule is NCc1ccc(-c2nc3ccnc(C(=O)NCCO)c3cc2-c2ccccc2)cc1. The number of aliphatic hydroxyl groups excluding tert-OH is 1. The number of amides is 1. The summed E-state index contributed by atoms with van der Waals surface area (Å²) in [5.41, 5.74) is 11.5. The zero-order chi connectivity index (χ0) is 20.9. The molecule has 2 heterocycles. The number of carbonyl (C=O) groups excluding carboxylic acids is 1. The lowest BCUT2D eigenvalue weighted by atomic mass is 9.96. The minimum absolute atomic E-state index is 0.132. The van der Waals surface area contributed by atoms with Crippen LogP contribution in [0.5, 0.6) is 0 Å². The van der Waals surface area contributed by atoms with Crippen LogP contribution in [0.4, 0.5) is 0 Å². The van der Waals surface area contributed by atoms with Gasteiger partial charge in [-0.05, 0) is 23.3 Å². The molecule has 0 radical (unpaired) electrons. The first-order chi connectivity index (χ1) is 14.7. The lowest BCUT2D eigenvalue weighted by Crippen LogP contribution is -2.27. The van der Waals surface area contributed by atoms with Crippen molar-refractivity contribution in [3.05, 3.63) is 84.2 Å². The molecule has 6 nitrogen and oxygen atoms in total. The zero-order valence-corrected chi connectivity index (χ0v) is 16.4. The topological polar surface area (TPSA) is 101 Å². The van der Waals surface area contributed by atoms with E-state index in [2.05, 4.69) is 10.3 Å². The Balaban J connectivity index is 1.93. The van der Waals surface area contributed by atoms with E-state index in [1.807, 2.05) is 60.7 Å². The van der Waals surface area contributed by atoms with Gasteiger partial charge in [-0.3, -0.25) is 9.78 Å². The normalized spacial score (nSPS) is 10.9. The van der Waals surface area contributed by atoms with Crippen LogP contribution in [0.1, 0.15) is 16.1 Å². The van der Waals surface area contributed by atoms with E-state index in [-0.39, 0.29) is 24.8 Å². The molecule has 6 heteroatoms. The van der Waals surface area contributed by atoms with Crippen LogP contribution in [0.15, 0.2) is 72.9 Å². The molecule has 30 heavy (non-hydrogen) atoms. The molecule has 4 N–H and O–H groups in total. The molecule has 4 rings (SSSR count). The Morgan fingerprint density at radius 1 is 1.00 bits per heavy atom. The molecule has 0 spiro atoms. The molecule has 0 aliphatic carbocycles. The summed E-state index contributed by atoms with van der Waals surface area (Å²) in [6, 6.07) is 21.7. The third-order valence-corrected chi connectivity index (χ3v) is 4.90. The largest absolute Gasteiger partial charge is 0.395 e. The highest BCUT2D eigenvalue weighted by atomic mass is 16.3. The number of hydrogen-bond donors (Lipinski definition) is 3. The van der Waals surface area contributed by atoms with Crippen molar-refractivity contribution in [2.24, 2.45) is 5.73 Å². The van der Waals surface area contributed by atoms with Gasteiger partial charge < -0.3 is 16.2 Å². The highest BCUT2D eigenvalue weighted by Crippen LogP contribution is 2.34. The molecule has 0 atom stereocenters. The molecule has 0 aliphatic heterocycles. The molecule has 2 aromatic heterocycles. The molecule has 0 fully saturated rings. The number of nitrogens with one attached hydrogen (secondary N) is 1. The quantitative estimate of drug-likeness (QED) is 0.463. The molecule has 0 saturated carbocycles. The Morgan fingerprint density at radius 3 is 2.47 bits per heavy atom. The number of nitrogens with zero attached hydrogens (tertiary/aromatic N) is 2. The van der Waals surface area contributed by atoms with Crippen LogP contribution in [-0.4, -0.2) is 34.1 Å². The summed E-state index contributed by atoms with van der Waals surface area (Å²) in [6.07, 6.45) is 1.58. The van der Waals surface area contributed by atoms with Gasteiger partial charge in [0.25, 0.3) is 5.91 Å². The second kappa shape index (κ2) is 8.82. The summed E-state index contributed by atoms with van der Waals surface area (Å²) >= 11 is 0. The van der Waals surface area contributed by atoms with E-state index in [1.54, 1.807) is 12.3 Å². The number of benzene rings is 2. The van der Waals surface area contributed by atoms with E-state index in [0.717, 1.165) is 27.9 Å². The van der Waals surface area contributed by atoms with Crippen LogP contribution in [0.25, 0.3) is 33.3 Å². The molecule has 1 amide bonds. The molecule has 2 aromatic carbocycles. The van der Waals surface area contributed by atoms with Gasteiger partial charge in [-0.25, -0.2) is 4.98 Å². The molecule has 4 aromatic rings. The lowest BCUT2D eigenvalue weighted by molar-refractivity contribution is 0.0941. The third-order valence-electron chi connectivity index (χ3n) is 4.90. The minimum Gasteiger partial charge on any atom is -0.395 e. The van der Waals surface area contributed by atoms with Gasteiger partial charge in [0.2, 0.25) is 0 Å². The van der Waals surface area contributed by atoms with Gasteiger partial charge in [-0.2, -0.15) is 0 Å². The maximum absolute atomic E-state index is 12.6. The van der Waals surface area contributed by atoms with Crippen molar-refractivity contribution in [1.82, 2.24) is 15.3 Å². The van der Waals surface area contributed by atoms with Crippen LogP contribution < -0.4 is 11.1 Å². The standard InChI is InChI=1S/C24H22N4O2/c25-15-16-6-8-18(9-7-16)22-19(17-4-2-1-3-5-17)14-20-21(28-22)10-11-26-23(20)24(30)27-12-13-29/h1-11,14,29H,12-13,15,25H2,(H,27,30). The Morgan fingerprint density at radius 2 is 1.77 bits per heavy atom. The number of nitrogens with two attached hydrogens (primary N) is 1. The summed E-state index contributed by atoms with van der Waals surface area (Å²) in [7, 11) is 0. The molecular formula is C24H22N4O2. The highest BCUT2D eigenvalue weighted by Gasteiger charge is 2.17. The fraction of sp³-hybridized carbons (Fsp3) is 0.125. The highest BCUT2D eigenvalue weighted by molar-refractivity contribution is 6.06. The van der Waals surface area contributed by atoms with E-state index in [0.29, 0.717) is 17.4 Å². The smallest absolute Gasteiger partial charge is 0.270 e. The first-order valence-corrected chi connectivity index (χ1v) is 9.75. The Labute approximate surface area is 174 Å². The maximum Gasteiger partial charge on any atom is 0.270 e. The number of fused-ring (bicyclic) bond motifs is 1. The fourth-order valence-electron chi connectivity index (χ4n) is 3.39. The van der Waals surface area contributed by atoms with Gasteiger partial charge in [0.05, 0.1) is 17.8 Å². The van der Waals surface area contributed by atoms with Gasteiger partial charge in [-0.15, -0.1) is 0 Å². The Bertz CT molecular complexity index is 1180. The average Bonchev–Trinajstić information content (AvgIpc) is 2.82. The zero-order valence-electron chi connectivity index (χ0n) is 16.4. The van der Waals surface area contributed by atoms with Crippen molar-refractivity contribution in [2.75, 3.05) is 13.2 Å².